The smallest absolute Gasteiger partial charge is 0.162 e. The second kappa shape index (κ2) is 10.8. The van der Waals surface area contributed by atoms with Crippen molar-refractivity contribution in [1.82, 2.24) is 30.2 Å². The summed E-state index contributed by atoms with van der Waals surface area (Å²) >= 11 is 0. The number of pyridine rings is 3. The summed E-state index contributed by atoms with van der Waals surface area (Å²) in [6.45, 7) is 14.4. The zero-order valence-corrected chi connectivity index (χ0v) is 23.2. The Bertz CT molecular complexity index is 1670. The first kappa shape index (κ1) is 26.1. The number of rotatable bonds is 7. The number of nitrogens with one attached hydrogen (secondary N) is 3. The lowest BCUT2D eigenvalue weighted by molar-refractivity contribution is 0.236. The molecule has 5 heterocycles. The average Bonchev–Trinajstić information content (AvgIpc) is 2.90. The van der Waals surface area contributed by atoms with Crippen molar-refractivity contribution in [1.29, 1.82) is 0 Å². The van der Waals surface area contributed by atoms with Crippen LogP contribution in [-0.4, -0.2) is 44.1 Å². The van der Waals surface area contributed by atoms with Crippen LogP contribution in [-0.2, 0) is 0 Å². The maximum atomic E-state index is 5.16. The van der Waals surface area contributed by atoms with Gasteiger partial charge in [-0.05, 0) is 72.2 Å². The number of hydrogen-bond acceptors (Lipinski definition) is 8. The molecule has 0 aromatic carbocycles. The van der Waals surface area contributed by atoms with Gasteiger partial charge in [0.25, 0.3) is 0 Å². The molecule has 40 heavy (non-hydrogen) atoms. The highest BCUT2D eigenvalue weighted by atomic mass is 15.1. The third-order valence-electron chi connectivity index (χ3n) is 8.21. The van der Waals surface area contributed by atoms with Crippen molar-refractivity contribution in [2.45, 2.75) is 51.5 Å². The number of piperidine rings is 1. The molecule has 1 saturated carbocycles. The SMILES string of the molecule is C=C/C=c1/ccc(Nc2cc(-c3nc(NC4CCNCC4(C)C)c4c(C5CCC5)cncc4n3)ccn2)nc1=C. The van der Waals surface area contributed by atoms with E-state index < -0.39 is 0 Å². The van der Waals surface area contributed by atoms with Crippen LogP contribution in [0, 0.1) is 5.41 Å². The van der Waals surface area contributed by atoms with Crippen molar-refractivity contribution in [3.05, 3.63) is 71.6 Å². The first-order valence-electron chi connectivity index (χ1n) is 14.1. The molecule has 1 unspecified atom stereocenters. The van der Waals surface area contributed by atoms with Gasteiger partial charge < -0.3 is 16.0 Å². The third-order valence-corrected chi connectivity index (χ3v) is 8.21. The molecule has 2 fully saturated rings. The Morgan fingerprint density at radius 1 is 1.05 bits per heavy atom. The first-order valence-corrected chi connectivity index (χ1v) is 14.1. The van der Waals surface area contributed by atoms with Crippen molar-refractivity contribution in [3.8, 4) is 11.4 Å². The third kappa shape index (κ3) is 5.19. The molecule has 0 spiro atoms. The Kier molecular flexibility index (Phi) is 7.02. The number of nitrogens with zero attached hydrogens (tertiary/aromatic N) is 5. The van der Waals surface area contributed by atoms with Gasteiger partial charge in [0, 0.05) is 35.9 Å². The van der Waals surface area contributed by atoms with Gasteiger partial charge >= 0.3 is 0 Å². The Balaban J connectivity index is 1.40. The van der Waals surface area contributed by atoms with Crippen LogP contribution in [0.25, 0.3) is 34.9 Å². The molecule has 0 bridgehead atoms. The van der Waals surface area contributed by atoms with Crippen molar-refractivity contribution < 1.29 is 0 Å². The molecule has 3 N–H and O–H groups in total. The van der Waals surface area contributed by atoms with Crippen molar-refractivity contribution >= 4 is 41.0 Å². The molecule has 1 atom stereocenters. The Labute approximate surface area is 234 Å². The van der Waals surface area contributed by atoms with Crippen LogP contribution in [0.15, 0.2) is 55.5 Å². The molecule has 4 aromatic rings. The largest absolute Gasteiger partial charge is 0.366 e. The standard InChI is InChI=1S/C32H36N8/c1-5-7-21-10-11-27(36-20(21)2)39-28-16-23(12-15-35-28)30-37-25-18-34-17-24(22-8-6-9-22)29(25)31(40-30)38-26-13-14-33-19-32(26,3)4/h5,7,10-12,15-18,22,26,33H,1-2,6,8-9,13-14,19H2,3-4H3,(H,35,36,39)(H,37,38,40)/b21-7-. The normalized spacial score (nSPS) is 19.2. The van der Waals surface area contributed by atoms with Crippen LogP contribution in [0.5, 0.6) is 0 Å². The van der Waals surface area contributed by atoms with Gasteiger partial charge in [-0.3, -0.25) is 4.98 Å². The molecule has 1 aliphatic heterocycles. The van der Waals surface area contributed by atoms with Gasteiger partial charge in [0.1, 0.15) is 17.5 Å². The molecule has 0 amide bonds. The predicted octanol–water partition coefficient (Wildman–Crippen LogP) is 4.67. The summed E-state index contributed by atoms with van der Waals surface area (Å²) in [5.41, 5.74) is 3.08. The molecule has 1 aliphatic carbocycles. The van der Waals surface area contributed by atoms with Crippen LogP contribution in [0.4, 0.5) is 17.5 Å². The van der Waals surface area contributed by atoms with E-state index in [2.05, 4.69) is 57.9 Å². The van der Waals surface area contributed by atoms with E-state index in [0.717, 1.165) is 47.0 Å². The summed E-state index contributed by atoms with van der Waals surface area (Å²) in [6, 6.07) is 8.05. The maximum absolute atomic E-state index is 5.16. The summed E-state index contributed by atoms with van der Waals surface area (Å²) < 4.78 is 0. The van der Waals surface area contributed by atoms with Gasteiger partial charge in [-0.2, -0.15) is 0 Å². The second-order valence-electron chi connectivity index (χ2n) is 11.5. The highest BCUT2D eigenvalue weighted by Crippen LogP contribution is 2.42. The van der Waals surface area contributed by atoms with E-state index in [1.54, 1.807) is 12.3 Å². The lowest BCUT2D eigenvalue weighted by atomic mass is 9.78. The van der Waals surface area contributed by atoms with Gasteiger partial charge in [-0.1, -0.05) is 45.6 Å². The molecule has 2 aliphatic rings. The van der Waals surface area contributed by atoms with Gasteiger partial charge in [0.15, 0.2) is 5.82 Å². The summed E-state index contributed by atoms with van der Waals surface area (Å²) in [6.07, 6.45) is 13.9. The van der Waals surface area contributed by atoms with E-state index in [-0.39, 0.29) is 5.41 Å². The lowest BCUT2D eigenvalue weighted by Gasteiger charge is -2.40. The van der Waals surface area contributed by atoms with Crippen LogP contribution in [0.3, 0.4) is 0 Å². The fourth-order valence-electron chi connectivity index (χ4n) is 5.60. The van der Waals surface area contributed by atoms with Gasteiger partial charge in [-0.15, -0.1) is 0 Å². The first-order chi connectivity index (χ1) is 19.4. The van der Waals surface area contributed by atoms with E-state index >= 15 is 0 Å². The minimum absolute atomic E-state index is 0.0894. The van der Waals surface area contributed by atoms with E-state index in [1.165, 1.54) is 24.8 Å². The minimum atomic E-state index is 0.0894. The zero-order valence-electron chi connectivity index (χ0n) is 23.2. The molecular formula is C32H36N8. The zero-order chi connectivity index (χ0) is 27.7. The van der Waals surface area contributed by atoms with Crippen LogP contribution in [0.1, 0.15) is 51.0 Å². The molecular weight excluding hydrogens is 496 g/mol. The van der Waals surface area contributed by atoms with Gasteiger partial charge in [0.05, 0.1) is 17.1 Å². The molecule has 1 saturated heterocycles. The highest BCUT2D eigenvalue weighted by molar-refractivity contribution is 5.93. The van der Waals surface area contributed by atoms with Crippen LogP contribution < -0.4 is 26.5 Å². The Hall–Kier alpha value is -4.17. The summed E-state index contributed by atoms with van der Waals surface area (Å²) in [4.78, 5) is 23.8. The van der Waals surface area contributed by atoms with E-state index in [9.17, 15) is 0 Å². The van der Waals surface area contributed by atoms with Crippen molar-refractivity contribution in [3.63, 3.8) is 0 Å². The Morgan fingerprint density at radius 2 is 1.93 bits per heavy atom. The lowest BCUT2D eigenvalue weighted by Crippen LogP contribution is -2.49. The number of anilines is 3. The minimum Gasteiger partial charge on any atom is -0.366 e. The fraction of sp³-hybridized carbons (Fsp3) is 0.344. The maximum Gasteiger partial charge on any atom is 0.162 e. The molecule has 6 rings (SSSR count). The molecule has 0 radical (unpaired) electrons. The van der Waals surface area contributed by atoms with Gasteiger partial charge in [0.2, 0.25) is 0 Å². The van der Waals surface area contributed by atoms with Crippen molar-refractivity contribution in [2.75, 3.05) is 23.7 Å². The fourth-order valence-corrected chi connectivity index (χ4v) is 5.60. The monoisotopic (exact) mass is 532 g/mol. The Morgan fingerprint density at radius 3 is 2.67 bits per heavy atom. The van der Waals surface area contributed by atoms with Crippen molar-refractivity contribution in [2.24, 2.45) is 5.41 Å². The van der Waals surface area contributed by atoms with E-state index in [1.807, 2.05) is 42.7 Å². The van der Waals surface area contributed by atoms with Crippen LogP contribution in [0.2, 0.25) is 0 Å². The van der Waals surface area contributed by atoms with E-state index in [4.69, 9.17) is 9.97 Å². The topological polar surface area (TPSA) is 101 Å². The predicted molar refractivity (Wildman–Crippen MR) is 163 cm³/mol. The van der Waals surface area contributed by atoms with E-state index in [0.29, 0.717) is 34.8 Å². The molecule has 8 nitrogen and oxygen atoms in total. The number of allylic oxidation sites excluding steroid dienone is 1. The average molecular weight is 533 g/mol. The molecule has 204 valence electrons. The summed E-state index contributed by atoms with van der Waals surface area (Å²) in [7, 11) is 0. The summed E-state index contributed by atoms with van der Waals surface area (Å²) in [5, 5.41) is 13.4. The van der Waals surface area contributed by atoms with Gasteiger partial charge in [-0.25, -0.2) is 19.9 Å². The summed E-state index contributed by atoms with van der Waals surface area (Å²) in [5.74, 6) is 3.38. The highest BCUT2D eigenvalue weighted by Gasteiger charge is 2.33. The quantitative estimate of drug-likeness (QED) is 0.316. The number of hydrogen-bond donors (Lipinski definition) is 3. The number of aromatic nitrogens is 5. The molecule has 4 aromatic heterocycles. The molecule has 8 heteroatoms. The number of fused-ring (bicyclic) bond motifs is 1. The van der Waals surface area contributed by atoms with Crippen LogP contribution >= 0.6 is 0 Å². The second-order valence-corrected chi connectivity index (χ2v) is 11.5.